The average Bonchev–Trinajstić information content (AvgIpc) is 2.69. The van der Waals surface area contributed by atoms with E-state index in [9.17, 15) is 0 Å². The molecule has 17 heavy (non-hydrogen) atoms. The van der Waals surface area contributed by atoms with Crippen molar-refractivity contribution in [1.82, 2.24) is 20.2 Å². The Balaban J connectivity index is 2.26. The lowest BCUT2D eigenvalue weighted by Gasteiger charge is -2.20. The van der Waals surface area contributed by atoms with E-state index in [2.05, 4.69) is 22.5 Å². The van der Waals surface area contributed by atoms with E-state index in [1.807, 2.05) is 17.7 Å². The van der Waals surface area contributed by atoms with Crippen LogP contribution in [0.2, 0.25) is 0 Å². The minimum Gasteiger partial charge on any atom is -0.383 e. The Morgan fingerprint density at radius 3 is 2.71 bits per heavy atom. The molecule has 0 aliphatic carbocycles. The number of imidazole rings is 1. The maximum absolute atomic E-state index is 5.21. The molecule has 0 radical (unpaired) electrons. The summed E-state index contributed by atoms with van der Waals surface area (Å²) in [6.07, 6.45) is 5.49. The molecule has 1 aromatic rings. The predicted molar refractivity (Wildman–Crippen MR) is 71.9 cm³/mol. The van der Waals surface area contributed by atoms with E-state index < -0.39 is 0 Å². The van der Waals surface area contributed by atoms with Gasteiger partial charge in [0.15, 0.2) is 5.11 Å². The Kier molecular flexibility index (Phi) is 5.93. The fraction of sp³-hybridized carbons (Fsp3) is 0.636. The van der Waals surface area contributed by atoms with E-state index in [1.165, 1.54) is 0 Å². The number of rotatable bonds is 6. The third-order valence-electron chi connectivity index (χ3n) is 2.22. The van der Waals surface area contributed by atoms with Crippen LogP contribution >= 0.6 is 12.2 Å². The number of ether oxygens (including phenoxy) is 1. The molecule has 0 saturated heterocycles. The largest absolute Gasteiger partial charge is 0.383 e. The van der Waals surface area contributed by atoms with Crippen LogP contribution in [-0.4, -0.2) is 40.5 Å². The molecular formula is C11H20N4OS. The zero-order valence-corrected chi connectivity index (χ0v) is 11.3. The molecule has 0 saturated carbocycles. The number of nitrogens with one attached hydrogen (secondary N) is 2. The van der Waals surface area contributed by atoms with Crippen molar-refractivity contribution in [3.63, 3.8) is 0 Å². The second-order valence-corrected chi connectivity index (χ2v) is 4.54. The summed E-state index contributed by atoms with van der Waals surface area (Å²) in [5, 5.41) is 7.04. The van der Waals surface area contributed by atoms with Gasteiger partial charge in [-0.25, -0.2) is 4.98 Å². The molecular weight excluding hydrogens is 236 g/mol. The van der Waals surface area contributed by atoms with Crippen molar-refractivity contribution >= 4 is 17.3 Å². The van der Waals surface area contributed by atoms with Crippen LogP contribution in [0.15, 0.2) is 18.7 Å². The van der Waals surface area contributed by atoms with Crippen molar-refractivity contribution in [3.8, 4) is 0 Å². The van der Waals surface area contributed by atoms with Crippen LogP contribution in [0.4, 0.5) is 0 Å². The number of methoxy groups -OCH3 is 1. The van der Waals surface area contributed by atoms with Crippen LogP contribution in [0.25, 0.3) is 0 Å². The number of hydrogen-bond acceptors (Lipinski definition) is 3. The fourth-order valence-electron chi connectivity index (χ4n) is 1.54. The molecule has 96 valence electrons. The lowest BCUT2D eigenvalue weighted by Crippen LogP contribution is -2.46. The van der Waals surface area contributed by atoms with Crippen LogP contribution in [-0.2, 0) is 11.3 Å². The van der Waals surface area contributed by atoms with E-state index in [0.29, 0.717) is 11.7 Å². The first kappa shape index (κ1) is 13.9. The second-order valence-electron chi connectivity index (χ2n) is 4.13. The lowest BCUT2D eigenvalue weighted by atomic mass is 10.3. The molecule has 0 fully saturated rings. The van der Waals surface area contributed by atoms with Crippen LogP contribution in [0.1, 0.15) is 13.8 Å². The molecule has 1 heterocycles. The third-order valence-corrected chi connectivity index (χ3v) is 2.45. The van der Waals surface area contributed by atoms with Gasteiger partial charge in [0.1, 0.15) is 0 Å². The SMILES string of the molecule is COCC(C)NC(=S)NC(C)Cn1ccnc1. The second kappa shape index (κ2) is 7.24. The summed E-state index contributed by atoms with van der Waals surface area (Å²) in [5.41, 5.74) is 0. The van der Waals surface area contributed by atoms with Crippen molar-refractivity contribution in [2.45, 2.75) is 32.5 Å². The van der Waals surface area contributed by atoms with Gasteiger partial charge in [-0.3, -0.25) is 0 Å². The highest BCUT2D eigenvalue weighted by Gasteiger charge is 2.07. The summed E-state index contributed by atoms with van der Waals surface area (Å²) < 4.78 is 7.05. The monoisotopic (exact) mass is 256 g/mol. The third kappa shape index (κ3) is 5.65. The summed E-state index contributed by atoms with van der Waals surface area (Å²) in [5.74, 6) is 0. The number of thiocarbonyl (C=S) groups is 1. The molecule has 2 unspecified atom stereocenters. The quantitative estimate of drug-likeness (QED) is 0.736. The topological polar surface area (TPSA) is 51.1 Å². The highest BCUT2D eigenvalue weighted by molar-refractivity contribution is 7.80. The van der Waals surface area contributed by atoms with Gasteiger partial charge in [-0.2, -0.15) is 0 Å². The van der Waals surface area contributed by atoms with Gasteiger partial charge in [0, 0.05) is 38.1 Å². The Hall–Kier alpha value is -1.14. The van der Waals surface area contributed by atoms with Gasteiger partial charge < -0.3 is 19.9 Å². The van der Waals surface area contributed by atoms with Gasteiger partial charge in [-0.15, -0.1) is 0 Å². The maximum Gasteiger partial charge on any atom is 0.166 e. The van der Waals surface area contributed by atoms with E-state index in [1.54, 1.807) is 19.6 Å². The number of aromatic nitrogens is 2. The highest BCUT2D eigenvalue weighted by Crippen LogP contribution is 1.92. The van der Waals surface area contributed by atoms with Gasteiger partial charge in [0.05, 0.1) is 12.9 Å². The first-order valence-electron chi connectivity index (χ1n) is 5.63. The highest BCUT2D eigenvalue weighted by atomic mass is 32.1. The molecule has 0 aromatic carbocycles. The molecule has 1 aromatic heterocycles. The number of hydrogen-bond donors (Lipinski definition) is 2. The minimum absolute atomic E-state index is 0.209. The molecule has 0 aliphatic rings. The van der Waals surface area contributed by atoms with E-state index >= 15 is 0 Å². The van der Waals surface area contributed by atoms with E-state index in [0.717, 1.165) is 6.54 Å². The summed E-state index contributed by atoms with van der Waals surface area (Å²) >= 11 is 5.21. The fourth-order valence-corrected chi connectivity index (χ4v) is 1.94. The Morgan fingerprint density at radius 2 is 2.12 bits per heavy atom. The molecule has 0 aliphatic heterocycles. The van der Waals surface area contributed by atoms with Gasteiger partial charge in [0.25, 0.3) is 0 Å². The number of nitrogens with zero attached hydrogens (tertiary/aromatic N) is 2. The smallest absolute Gasteiger partial charge is 0.166 e. The molecule has 5 nitrogen and oxygen atoms in total. The van der Waals surface area contributed by atoms with Gasteiger partial charge in [-0.1, -0.05) is 0 Å². The van der Waals surface area contributed by atoms with Crippen LogP contribution in [0.3, 0.4) is 0 Å². The van der Waals surface area contributed by atoms with E-state index in [4.69, 9.17) is 17.0 Å². The molecule has 2 N–H and O–H groups in total. The Morgan fingerprint density at radius 1 is 1.41 bits per heavy atom. The lowest BCUT2D eigenvalue weighted by molar-refractivity contribution is 0.179. The van der Waals surface area contributed by atoms with Crippen molar-refractivity contribution in [2.24, 2.45) is 0 Å². The van der Waals surface area contributed by atoms with Crippen molar-refractivity contribution in [1.29, 1.82) is 0 Å². The molecule has 6 heteroatoms. The summed E-state index contributed by atoms with van der Waals surface area (Å²) in [7, 11) is 1.68. The molecule has 2 atom stereocenters. The zero-order chi connectivity index (χ0) is 12.7. The van der Waals surface area contributed by atoms with Crippen molar-refractivity contribution in [2.75, 3.05) is 13.7 Å². The van der Waals surface area contributed by atoms with Crippen LogP contribution in [0.5, 0.6) is 0 Å². The summed E-state index contributed by atoms with van der Waals surface area (Å²) in [4.78, 5) is 4.00. The first-order valence-corrected chi connectivity index (χ1v) is 6.04. The maximum atomic E-state index is 5.21. The predicted octanol–water partition coefficient (Wildman–Crippen LogP) is 0.771. The first-order chi connectivity index (χ1) is 8.11. The van der Waals surface area contributed by atoms with Crippen molar-refractivity contribution in [3.05, 3.63) is 18.7 Å². The van der Waals surface area contributed by atoms with E-state index in [-0.39, 0.29) is 12.1 Å². The van der Waals surface area contributed by atoms with Gasteiger partial charge in [-0.05, 0) is 26.1 Å². The van der Waals surface area contributed by atoms with Crippen LogP contribution < -0.4 is 10.6 Å². The molecule has 1 rings (SSSR count). The Labute approximate surface area is 108 Å². The normalized spacial score (nSPS) is 14.1. The van der Waals surface area contributed by atoms with Crippen LogP contribution in [0, 0.1) is 0 Å². The minimum atomic E-state index is 0.209. The van der Waals surface area contributed by atoms with Gasteiger partial charge >= 0.3 is 0 Å². The van der Waals surface area contributed by atoms with Crippen molar-refractivity contribution < 1.29 is 4.74 Å². The molecule has 0 spiro atoms. The average molecular weight is 256 g/mol. The standard InChI is InChI=1S/C11H20N4OS/c1-9(6-15-5-4-12-8-15)13-11(17)14-10(2)7-16-3/h4-5,8-10H,6-7H2,1-3H3,(H2,13,14,17). The summed E-state index contributed by atoms with van der Waals surface area (Å²) in [6, 6.07) is 0.458. The zero-order valence-electron chi connectivity index (χ0n) is 10.5. The summed E-state index contributed by atoms with van der Waals surface area (Å²) in [6.45, 7) is 5.57. The Bertz CT molecular complexity index is 328. The molecule has 0 amide bonds. The van der Waals surface area contributed by atoms with Gasteiger partial charge in [0.2, 0.25) is 0 Å². The molecule has 0 bridgehead atoms.